The van der Waals surface area contributed by atoms with Crippen LogP contribution in [0.1, 0.15) is 81.4 Å². The van der Waals surface area contributed by atoms with Gasteiger partial charge in [0.25, 0.3) is 0 Å². The first-order chi connectivity index (χ1) is 11.1. The Bertz CT molecular complexity index is 555. The number of rotatable bonds is 3. The standard InChI is InChI=1S/C16H21NO2.2C2H6.Ta/c1-11-10-12(2)17-16(19)15(11)14(18)9-8-13-6-4-3-5-7-13;2*1-2;/h8-10,13H,3-7H2,1-2H3,(H,17,18,19);2*1-2H3;/p-1/b9-8+;;;. The Morgan fingerprint density at radius 1 is 1.08 bits per heavy atom. The van der Waals surface area contributed by atoms with Crippen LogP contribution in [0.3, 0.4) is 0 Å². The molecule has 0 aromatic carbocycles. The predicted molar refractivity (Wildman–Crippen MR) is 98.2 cm³/mol. The fourth-order valence-corrected chi connectivity index (χ4v) is 2.74. The first-order valence-electron chi connectivity index (χ1n) is 8.95. The van der Waals surface area contributed by atoms with Crippen LogP contribution in [-0.2, 0) is 22.4 Å². The van der Waals surface area contributed by atoms with E-state index in [-0.39, 0.29) is 33.7 Å². The summed E-state index contributed by atoms with van der Waals surface area (Å²) in [6.45, 7) is 11.6. The van der Waals surface area contributed by atoms with Gasteiger partial charge in [-0.2, -0.15) is 5.69 Å². The SMILES string of the molecule is CC.CC.Cc1cc(C)c(C(=O)/C=C/C2CCCCC2)c(=O)[n-]1.[Ta]. The number of aromatic nitrogens is 1. The van der Waals surface area contributed by atoms with Gasteiger partial charge in [0.1, 0.15) is 0 Å². The second-order valence-electron chi connectivity index (χ2n) is 5.38. The summed E-state index contributed by atoms with van der Waals surface area (Å²) < 4.78 is 0. The molecule has 1 aromatic rings. The maximum atomic E-state index is 12.1. The number of allylic oxidation sites excluding steroid dienone is 2. The summed E-state index contributed by atoms with van der Waals surface area (Å²) in [6.07, 6.45) is 9.61. The van der Waals surface area contributed by atoms with E-state index in [0.717, 1.165) is 18.4 Å². The Morgan fingerprint density at radius 2 is 1.62 bits per heavy atom. The zero-order valence-electron chi connectivity index (χ0n) is 16.1. The van der Waals surface area contributed by atoms with Gasteiger partial charge in [0.15, 0.2) is 5.78 Å². The number of hydrogen-bond donors (Lipinski definition) is 0. The summed E-state index contributed by atoms with van der Waals surface area (Å²) in [5, 5.41) is 0. The quantitative estimate of drug-likeness (QED) is 0.435. The first-order valence-corrected chi connectivity index (χ1v) is 8.95. The molecule has 0 N–H and O–H groups in total. The van der Waals surface area contributed by atoms with Crippen LogP contribution < -0.4 is 10.5 Å². The molecule has 2 rings (SSSR count). The van der Waals surface area contributed by atoms with Crippen molar-refractivity contribution < 1.29 is 27.2 Å². The van der Waals surface area contributed by atoms with E-state index in [2.05, 4.69) is 4.98 Å². The van der Waals surface area contributed by atoms with Crippen LogP contribution in [0.5, 0.6) is 0 Å². The van der Waals surface area contributed by atoms with Gasteiger partial charge < -0.3 is 9.78 Å². The van der Waals surface area contributed by atoms with Crippen molar-refractivity contribution in [2.24, 2.45) is 5.92 Å². The first kappa shape index (κ1) is 25.3. The molecule has 3 nitrogen and oxygen atoms in total. The molecule has 135 valence electrons. The Kier molecular flexibility index (Phi) is 15.3. The second-order valence-corrected chi connectivity index (χ2v) is 5.38. The molecule has 1 heterocycles. The summed E-state index contributed by atoms with van der Waals surface area (Å²) in [5.74, 6) is 0.284. The number of pyridine rings is 1. The van der Waals surface area contributed by atoms with E-state index in [4.69, 9.17) is 0 Å². The molecule has 1 saturated carbocycles. The van der Waals surface area contributed by atoms with Gasteiger partial charge in [0, 0.05) is 27.9 Å². The minimum atomic E-state index is -0.407. The zero-order valence-corrected chi connectivity index (χ0v) is 19.3. The number of aryl methyl sites for hydroxylation is 2. The van der Waals surface area contributed by atoms with Crippen molar-refractivity contribution >= 4 is 5.78 Å². The van der Waals surface area contributed by atoms with Crippen LogP contribution >= 0.6 is 0 Å². The summed E-state index contributed by atoms with van der Waals surface area (Å²) >= 11 is 0. The van der Waals surface area contributed by atoms with Gasteiger partial charge in [-0.1, -0.05) is 66.0 Å². The van der Waals surface area contributed by atoms with Crippen LogP contribution in [-0.4, -0.2) is 5.78 Å². The van der Waals surface area contributed by atoms with Crippen molar-refractivity contribution in [3.05, 3.63) is 45.4 Å². The van der Waals surface area contributed by atoms with Crippen molar-refractivity contribution in [1.82, 2.24) is 4.98 Å². The maximum absolute atomic E-state index is 12.1. The number of nitrogens with zero attached hydrogens (tertiary/aromatic N) is 1. The van der Waals surface area contributed by atoms with E-state index in [1.165, 1.54) is 19.3 Å². The molecule has 0 amide bonds. The maximum Gasteiger partial charge on any atom is 0.187 e. The van der Waals surface area contributed by atoms with Gasteiger partial charge in [0.05, 0.1) is 5.56 Å². The molecular formula is C20H32NO2Ta-. The van der Waals surface area contributed by atoms with Crippen molar-refractivity contribution in [3.8, 4) is 0 Å². The van der Waals surface area contributed by atoms with Gasteiger partial charge in [-0.15, -0.1) is 0 Å². The van der Waals surface area contributed by atoms with Gasteiger partial charge >= 0.3 is 0 Å². The van der Waals surface area contributed by atoms with Crippen LogP contribution in [0.4, 0.5) is 0 Å². The average Bonchev–Trinajstić information content (AvgIpc) is 2.57. The third-order valence-corrected chi connectivity index (χ3v) is 3.73. The van der Waals surface area contributed by atoms with Gasteiger partial charge in [-0.05, 0) is 37.3 Å². The molecule has 0 bridgehead atoms. The zero-order chi connectivity index (χ0) is 17.8. The minimum Gasteiger partial charge on any atom is -0.626 e. The van der Waals surface area contributed by atoms with E-state index in [1.54, 1.807) is 26.0 Å². The Balaban J connectivity index is 0. The molecule has 24 heavy (non-hydrogen) atoms. The molecule has 0 atom stereocenters. The van der Waals surface area contributed by atoms with Crippen molar-refractivity contribution in [1.29, 1.82) is 0 Å². The molecule has 1 aliphatic rings. The molecule has 1 aliphatic carbocycles. The summed E-state index contributed by atoms with van der Waals surface area (Å²) in [4.78, 5) is 27.7. The third-order valence-electron chi connectivity index (χ3n) is 3.73. The van der Waals surface area contributed by atoms with E-state index in [0.29, 0.717) is 11.6 Å². The number of carbonyl (C=O) groups excluding carboxylic acids is 1. The van der Waals surface area contributed by atoms with Gasteiger partial charge in [-0.25, -0.2) is 0 Å². The molecule has 0 spiro atoms. The number of hydrogen-bond acceptors (Lipinski definition) is 2. The van der Waals surface area contributed by atoms with Crippen LogP contribution in [0, 0.1) is 19.8 Å². The Morgan fingerprint density at radius 3 is 2.12 bits per heavy atom. The van der Waals surface area contributed by atoms with Gasteiger partial charge in [-0.3, -0.25) is 4.79 Å². The molecule has 0 saturated heterocycles. The molecule has 0 unspecified atom stereocenters. The fourth-order valence-electron chi connectivity index (χ4n) is 2.74. The topological polar surface area (TPSA) is 48.2 Å². The van der Waals surface area contributed by atoms with E-state index >= 15 is 0 Å². The fraction of sp³-hybridized carbons (Fsp3) is 0.600. The van der Waals surface area contributed by atoms with E-state index in [1.807, 2.05) is 33.8 Å². The molecule has 4 heteroatoms. The number of ketones is 1. The third kappa shape index (κ3) is 8.27. The molecular weight excluding hydrogens is 467 g/mol. The van der Waals surface area contributed by atoms with Crippen molar-refractivity contribution in [2.75, 3.05) is 0 Å². The summed E-state index contributed by atoms with van der Waals surface area (Å²) in [7, 11) is 0. The molecule has 1 radical (unpaired) electrons. The van der Waals surface area contributed by atoms with Crippen LogP contribution in [0.2, 0.25) is 0 Å². The Labute approximate surface area is 162 Å². The molecule has 1 aromatic heterocycles. The largest absolute Gasteiger partial charge is 0.626 e. The van der Waals surface area contributed by atoms with Crippen molar-refractivity contribution in [3.63, 3.8) is 0 Å². The monoisotopic (exact) mass is 499 g/mol. The van der Waals surface area contributed by atoms with Crippen molar-refractivity contribution in [2.45, 2.75) is 73.6 Å². The molecule has 0 aliphatic heterocycles. The average molecular weight is 499 g/mol. The summed E-state index contributed by atoms with van der Waals surface area (Å²) in [5.41, 5.74) is 1.19. The van der Waals surface area contributed by atoms with Crippen LogP contribution in [0.15, 0.2) is 23.0 Å². The normalized spacial score (nSPS) is 13.9. The second kappa shape index (κ2) is 14.4. The minimum absolute atomic E-state index is 0. The van der Waals surface area contributed by atoms with E-state index in [9.17, 15) is 9.59 Å². The van der Waals surface area contributed by atoms with Crippen LogP contribution in [0.25, 0.3) is 0 Å². The summed E-state index contributed by atoms with van der Waals surface area (Å²) in [6, 6.07) is 1.78. The predicted octanol–water partition coefficient (Wildman–Crippen LogP) is 4.99. The Hall–Kier alpha value is -0.900. The number of carbonyl (C=O) groups is 1. The smallest absolute Gasteiger partial charge is 0.187 e. The molecule has 1 fully saturated rings. The van der Waals surface area contributed by atoms with E-state index < -0.39 is 5.56 Å². The van der Waals surface area contributed by atoms with Gasteiger partial charge in [0.2, 0.25) is 0 Å².